The van der Waals surface area contributed by atoms with E-state index in [0.717, 1.165) is 28.5 Å². The Balaban J connectivity index is 1.36. The summed E-state index contributed by atoms with van der Waals surface area (Å²) in [5, 5.41) is 3.75. The molecule has 0 saturated carbocycles. The molecule has 4 aromatic rings. The maximum atomic E-state index is 13.6. The standard InChI is InChI=1S/C34H30ClF3N6O/c1-23-29(22-43-16-18-44(19-17-43)28-9-5-8-26(20-28)34(36,37)38)31(41-32(45)30-21-39-14-15-40-30)33(42-23,24-6-3-2-4-7-24)25-10-12-27(35)13-11-25/h2-15,20-21H,16-19,22H2,1H3,(H,41,45). The molecule has 230 valence electrons. The monoisotopic (exact) mass is 630 g/mol. The summed E-state index contributed by atoms with van der Waals surface area (Å²) in [6, 6.07) is 22.6. The number of carbonyl (C=O) groups is 1. The topological polar surface area (TPSA) is 73.7 Å². The number of hydrogen-bond acceptors (Lipinski definition) is 6. The number of halogens is 4. The van der Waals surface area contributed by atoms with Crippen molar-refractivity contribution in [3.8, 4) is 0 Å². The number of benzene rings is 3. The van der Waals surface area contributed by atoms with Gasteiger partial charge in [0.2, 0.25) is 0 Å². The molecule has 11 heteroatoms. The minimum Gasteiger partial charge on any atom is -0.369 e. The van der Waals surface area contributed by atoms with Crippen LogP contribution in [0, 0.1) is 0 Å². The van der Waals surface area contributed by atoms with Gasteiger partial charge in [0.25, 0.3) is 5.91 Å². The molecule has 2 aliphatic rings. The Hall–Kier alpha value is -4.54. The third-order valence-electron chi connectivity index (χ3n) is 8.22. The number of piperazine rings is 1. The highest BCUT2D eigenvalue weighted by Crippen LogP contribution is 2.46. The smallest absolute Gasteiger partial charge is 0.369 e. The lowest BCUT2D eigenvalue weighted by Gasteiger charge is -2.37. The Morgan fingerprint density at radius 1 is 0.933 bits per heavy atom. The first kappa shape index (κ1) is 30.5. The number of aromatic nitrogens is 2. The zero-order valence-corrected chi connectivity index (χ0v) is 25.2. The summed E-state index contributed by atoms with van der Waals surface area (Å²) in [7, 11) is 0. The number of nitrogens with zero attached hydrogens (tertiary/aromatic N) is 5. The van der Waals surface area contributed by atoms with Crippen LogP contribution in [0.1, 0.15) is 34.1 Å². The van der Waals surface area contributed by atoms with Crippen LogP contribution in [0.4, 0.5) is 18.9 Å². The molecule has 1 saturated heterocycles. The minimum absolute atomic E-state index is 0.168. The van der Waals surface area contributed by atoms with Crippen LogP contribution in [0.25, 0.3) is 0 Å². The first-order valence-corrected chi connectivity index (χ1v) is 14.9. The van der Waals surface area contributed by atoms with Crippen molar-refractivity contribution < 1.29 is 18.0 Å². The van der Waals surface area contributed by atoms with Crippen molar-refractivity contribution in [2.75, 3.05) is 37.6 Å². The van der Waals surface area contributed by atoms with Crippen molar-refractivity contribution in [2.45, 2.75) is 18.6 Å². The number of alkyl halides is 3. The predicted octanol–water partition coefficient (Wildman–Crippen LogP) is 6.37. The van der Waals surface area contributed by atoms with Gasteiger partial charge in [0.15, 0.2) is 5.54 Å². The van der Waals surface area contributed by atoms with Gasteiger partial charge in [0.1, 0.15) is 5.69 Å². The van der Waals surface area contributed by atoms with Gasteiger partial charge in [-0.15, -0.1) is 0 Å². The van der Waals surface area contributed by atoms with Gasteiger partial charge in [-0.1, -0.05) is 60.1 Å². The van der Waals surface area contributed by atoms with E-state index in [2.05, 4.69) is 20.2 Å². The SMILES string of the molecule is CC1=NC(c2ccccc2)(c2ccc(Cl)cc2)C(NC(=O)c2cnccn2)=C1CN1CCN(c2cccc(C(F)(F)F)c2)CC1. The number of anilines is 1. The van der Waals surface area contributed by atoms with Crippen molar-refractivity contribution in [3.05, 3.63) is 136 Å². The van der Waals surface area contributed by atoms with Crippen LogP contribution in [0.15, 0.2) is 114 Å². The molecule has 6 rings (SSSR count). The first-order valence-electron chi connectivity index (χ1n) is 14.5. The largest absolute Gasteiger partial charge is 0.416 e. The molecule has 0 radical (unpaired) electrons. The van der Waals surface area contributed by atoms with Gasteiger partial charge in [-0.2, -0.15) is 13.2 Å². The highest BCUT2D eigenvalue weighted by molar-refractivity contribution is 6.30. The predicted molar refractivity (Wildman–Crippen MR) is 168 cm³/mol. The maximum absolute atomic E-state index is 13.6. The van der Waals surface area contributed by atoms with Crippen molar-refractivity contribution >= 4 is 28.9 Å². The van der Waals surface area contributed by atoms with Gasteiger partial charge in [-0.05, 0) is 48.4 Å². The minimum atomic E-state index is -4.40. The van der Waals surface area contributed by atoms with E-state index in [-0.39, 0.29) is 5.69 Å². The maximum Gasteiger partial charge on any atom is 0.416 e. The zero-order chi connectivity index (χ0) is 31.6. The second kappa shape index (κ2) is 12.5. The van der Waals surface area contributed by atoms with E-state index in [0.29, 0.717) is 49.1 Å². The number of amides is 1. The molecule has 0 spiro atoms. The summed E-state index contributed by atoms with van der Waals surface area (Å²) in [5.41, 5.74) is 2.93. The number of aliphatic imine (C=N–C) groups is 1. The lowest BCUT2D eigenvalue weighted by Crippen LogP contribution is -2.47. The lowest BCUT2D eigenvalue weighted by molar-refractivity contribution is -0.137. The fourth-order valence-corrected chi connectivity index (χ4v) is 6.08. The third kappa shape index (κ3) is 6.21. The Bertz CT molecular complexity index is 1740. The van der Waals surface area contributed by atoms with Gasteiger partial charge >= 0.3 is 6.18 Å². The molecule has 45 heavy (non-hydrogen) atoms. The van der Waals surface area contributed by atoms with E-state index >= 15 is 0 Å². The second-order valence-corrected chi connectivity index (χ2v) is 11.4. The van der Waals surface area contributed by atoms with Gasteiger partial charge in [0, 0.05) is 67.1 Å². The molecule has 3 heterocycles. The van der Waals surface area contributed by atoms with Crippen molar-refractivity contribution in [2.24, 2.45) is 4.99 Å². The number of nitrogens with one attached hydrogen (secondary N) is 1. The summed E-state index contributed by atoms with van der Waals surface area (Å²) in [4.78, 5) is 31.4. The molecule has 3 aromatic carbocycles. The Morgan fingerprint density at radius 3 is 2.31 bits per heavy atom. The van der Waals surface area contributed by atoms with Crippen molar-refractivity contribution in [3.63, 3.8) is 0 Å². The van der Waals surface area contributed by atoms with Crippen LogP contribution < -0.4 is 10.2 Å². The number of hydrogen-bond donors (Lipinski definition) is 1. The van der Waals surface area contributed by atoms with Crippen LogP contribution in [0.5, 0.6) is 0 Å². The molecular formula is C34H30ClF3N6O. The molecule has 1 atom stereocenters. The van der Waals surface area contributed by atoms with Crippen LogP contribution in [-0.2, 0) is 11.7 Å². The van der Waals surface area contributed by atoms with Gasteiger partial charge < -0.3 is 10.2 Å². The molecule has 1 unspecified atom stereocenters. The molecule has 1 aromatic heterocycles. The molecule has 1 amide bonds. The fraction of sp³-hybridized carbons (Fsp3) is 0.235. The quantitative estimate of drug-likeness (QED) is 0.257. The summed E-state index contributed by atoms with van der Waals surface area (Å²) in [6.07, 6.45) is -0.0116. The molecule has 1 fully saturated rings. The van der Waals surface area contributed by atoms with Crippen LogP contribution in [0.3, 0.4) is 0 Å². The van der Waals surface area contributed by atoms with E-state index < -0.39 is 23.2 Å². The fourth-order valence-electron chi connectivity index (χ4n) is 5.95. The van der Waals surface area contributed by atoms with Gasteiger partial charge in [0.05, 0.1) is 17.5 Å². The summed E-state index contributed by atoms with van der Waals surface area (Å²) < 4.78 is 40.0. The molecule has 0 bridgehead atoms. The summed E-state index contributed by atoms with van der Waals surface area (Å²) in [6.45, 7) is 4.73. The van der Waals surface area contributed by atoms with E-state index in [1.807, 2.05) is 54.3 Å². The highest BCUT2D eigenvalue weighted by Gasteiger charge is 2.45. The molecule has 0 aliphatic carbocycles. The number of rotatable bonds is 7. The van der Waals surface area contributed by atoms with Crippen molar-refractivity contribution in [1.29, 1.82) is 0 Å². The molecular weight excluding hydrogens is 601 g/mol. The van der Waals surface area contributed by atoms with E-state index in [4.69, 9.17) is 16.6 Å². The van der Waals surface area contributed by atoms with Crippen LogP contribution in [0.2, 0.25) is 5.02 Å². The van der Waals surface area contributed by atoms with E-state index in [1.165, 1.54) is 30.7 Å². The Morgan fingerprint density at radius 2 is 1.64 bits per heavy atom. The average Bonchev–Trinajstić information content (AvgIpc) is 3.33. The molecule has 1 N–H and O–H groups in total. The van der Waals surface area contributed by atoms with Crippen LogP contribution >= 0.6 is 11.6 Å². The number of carbonyl (C=O) groups excluding carboxylic acids is 1. The first-order chi connectivity index (χ1) is 21.6. The Kier molecular flexibility index (Phi) is 8.44. The Labute approximate surface area is 264 Å². The van der Waals surface area contributed by atoms with Crippen LogP contribution in [-0.4, -0.2) is 59.2 Å². The lowest BCUT2D eigenvalue weighted by atomic mass is 9.80. The van der Waals surface area contributed by atoms with Gasteiger partial charge in [-0.25, -0.2) is 4.98 Å². The average molecular weight is 631 g/mol. The third-order valence-corrected chi connectivity index (χ3v) is 8.47. The zero-order valence-electron chi connectivity index (χ0n) is 24.4. The second-order valence-electron chi connectivity index (χ2n) is 11.0. The molecule has 7 nitrogen and oxygen atoms in total. The van der Waals surface area contributed by atoms with Crippen molar-refractivity contribution in [1.82, 2.24) is 20.2 Å². The summed E-state index contributed by atoms with van der Waals surface area (Å²) >= 11 is 6.28. The van der Waals surface area contributed by atoms with Gasteiger partial charge in [-0.3, -0.25) is 19.7 Å². The van der Waals surface area contributed by atoms with E-state index in [9.17, 15) is 18.0 Å². The normalized spacial score (nSPS) is 19.0. The summed E-state index contributed by atoms with van der Waals surface area (Å²) in [5.74, 6) is -0.413. The molecule has 2 aliphatic heterocycles. The van der Waals surface area contributed by atoms with E-state index in [1.54, 1.807) is 18.2 Å². The highest BCUT2D eigenvalue weighted by atomic mass is 35.5.